The first-order valence-electron chi connectivity index (χ1n) is 1.99. The fourth-order valence-corrected chi connectivity index (χ4v) is 0.858. The van der Waals surface area contributed by atoms with Gasteiger partial charge in [-0.3, -0.25) is 5.32 Å². The Morgan fingerprint density at radius 2 is 2.00 bits per heavy atom. The third-order valence-corrected chi connectivity index (χ3v) is 1.63. The van der Waals surface area contributed by atoms with Gasteiger partial charge in [0.1, 0.15) is 4.99 Å². The van der Waals surface area contributed by atoms with Crippen LogP contribution in [0.1, 0.15) is 6.42 Å². The molecule has 1 saturated heterocycles. The molecule has 0 unspecified atom stereocenters. The van der Waals surface area contributed by atoms with Crippen LogP contribution < -0.4 is 5.32 Å². The minimum Gasteiger partial charge on any atom is -0.279 e. The highest BCUT2D eigenvalue weighted by Gasteiger charge is 2.08. The van der Waals surface area contributed by atoms with Gasteiger partial charge < -0.3 is 0 Å². The molecule has 48 valence electrons. The average Bonchev–Trinajstić information content (AvgIpc) is 1.23. The molecule has 8 heavy (non-hydrogen) atoms. The molecule has 0 spiro atoms. The molecule has 1 rings (SSSR count). The Morgan fingerprint density at radius 1 is 1.50 bits per heavy atom. The summed E-state index contributed by atoms with van der Waals surface area (Å²) in [5, 5.41) is 2.65. The van der Waals surface area contributed by atoms with Gasteiger partial charge in [-0.15, -0.1) is 12.4 Å². The molecule has 0 aromatic rings. The number of hydrogen-bond donors (Lipinski definition) is 1. The molecule has 1 fully saturated rings. The second-order valence-electron chi connectivity index (χ2n) is 1.33. The summed E-state index contributed by atoms with van der Waals surface area (Å²) in [4.78, 5) is 0.444. The van der Waals surface area contributed by atoms with Crippen molar-refractivity contribution in [3.05, 3.63) is 0 Å². The third-order valence-electron chi connectivity index (χ3n) is 0.875. The molecule has 5 heteroatoms. The summed E-state index contributed by atoms with van der Waals surface area (Å²) in [6.07, 6.45) is 0.691. The standard InChI is InChI=1S/C3H5NO2S.ClH/c5-7(6)3-1-2-4-3;/h4H,1-2H2;1H. The average molecular weight is 156 g/mol. The van der Waals surface area contributed by atoms with E-state index in [0.717, 1.165) is 6.54 Å². The molecule has 0 amide bonds. The van der Waals surface area contributed by atoms with Crippen LogP contribution in [0.2, 0.25) is 0 Å². The molecule has 1 aliphatic heterocycles. The van der Waals surface area contributed by atoms with Gasteiger partial charge in [0.05, 0.1) is 0 Å². The van der Waals surface area contributed by atoms with Crippen molar-refractivity contribution in [2.24, 2.45) is 0 Å². The summed E-state index contributed by atoms with van der Waals surface area (Å²) in [6, 6.07) is 0. The van der Waals surface area contributed by atoms with Crippen molar-refractivity contribution in [1.29, 1.82) is 0 Å². The SMILES string of the molecule is Cl.O=S(=O)=C1CCN1. The summed E-state index contributed by atoms with van der Waals surface area (Å²) in [5.41, 5.74) is 0. The Balaban J connectivity index is 0.000000490. The van der Waals surface area contributed by atoms with Gasteiger partial charge in [-0.05, 0) is 0 Å². The van der Waals surface area contributed by atoms with Crippen LogP contribution in [-0.2, 0) is 10.3 Å². The van der Waals surface area contributed by atoms with Gasteiger partial charge in [-0.25, -0.2) is 0 Å². The fraction of sp³-hybridized carbons (Fsp3) is 0.667. The number of nitrogens with one attached hydrogen (secondary N) is 1. The van der Waals surface area contributed by atoms with Gasteiger partial charge in [0.25, 0.3) is 0 Å². The maximum absolute atomic E-state index is 9.88. The zero-order valence-electron chi connectivity index (χ0n) is 4.05. The van der Waals surface area contributed by atoms with Crippen molar-refractivity contribution in [2.45, 2.75) is 6.42 Å². The van der Waals surface area contributed by atoms with Crippen molar-refractivity contribution in [2.75, 3.05) is 6.54 Å². The quantitative estimate of drug-likeness (QED) is 0.476. The lowest BCUT2D eigenvalue weighted by Gasteiger charge is -2.11. The van der Waals surface area contributed by atoms with E-state index in [2.05, 4.69) is 5.32 Å². The van der Waals surface area contributed by atoms with E-state index in [-0.39, 0.29) is 12.4 Å². The van der Waals surface area contributed by atoms with Crippen molar-refractivity contribution in [1.82, 2.24) is 5.32 Å². The highest BCUT2D eigenvalue weighted by Crippen LogP contribution is 1.88. The summed E-state index contributed by atoms with van der Waals surface area (Å²) in [7, 11) is -1.97. The molecule has 1 aliphatic rings. The lowest BCUT2D eigenvalue weighted by Crippen LogP contribution is -2.38. The number of hydrogen-bond acceptors (Lipinski definition) is 2. The predicted molar refractivity (Wildman–Crippen MR) is 33.8 cm³/mol. The van der Waals surface area contributed by atoms with E-state index < -0.39 is 10.3 Å². The molecule has 0 bridgehead atoms. The van der Waals surface area contributed by atoms with Crippen LogP contribution in [0.15, 0.2) is 0 Å². The highest BCUT2D eigenvalue weighted by atomic mass is 35.5. The molecule has 1 heterocycles. The van der Waals surface area contributed by atoms with Gasteiger partial charge in [0, 0.05) is 13.0 Å². The van der Waals surface area contributed by atoms with Crippen molar-refractivity contribution >= 4 is 27.7 Å². The summed E-state index contributed by atoms with van der Waals surface area (Å²) in [5.74, 6) is 0. The van der Waals surface area contributed by atoms with E-state index in [0.29, 0.717) is 11.4 Å². The first kappa shape index (κ1) is 7.94. The van der Waals surface area contributed by atoms with Crippen LogP contribution in [0.4, 0.5) is 0 Å². The molecular weight excluding hydrogens is 150 g/mol. The molecule has 0 aromatic carbocycles. The van der Waals surface area contributed by atoms with Gasteiger partial charge in [-0.2, -0.15) is 8.42 Å². The summed E-state index contributed by atoms with van der Waals surface area (Å²) >= 11 is 0. The van der Waals surface area contributed by atoms with E-state index >= 15 is 0 Å². The molecule has 0 atom stereocenters. The lowest BCUT2D eigenvalue weighted by molar-refractivity contribution is 0.623. The van der Waals surface area contributed by atoms with E-state index in [9.17, 15) is 8.42 Å². The number of halogens is 1. The second kappa shape index (κ2) is 3.06. The highest BCUT2D eigenvalue weighted by molar-refractivity contribution is 7.73. The number of rotatable bonds is 0. The minimum absolute atomic E-state index is 0. The van der Waals surface area contributed by atoms with Gasteiger partial charge >= 0.3 is 0 Å². The van der Waals surface area contributed by atoms with E-state index in [1.807, 2.05) is 0 Å². The molecule has 3 nitrogen and oxygen atoms in total. The van der Waals surface area contributed by atoms with Crippen molar-refractivity contribution in [3.8, 4) is 0 Å². The maximum atomic E-state index is 9.88. The zero-order chi connectivity index (χ0) is 5.28. The van der Waals surface area contributed by atoms with E-state index in [4.69, 9.17) is 0 Å². The molecule has 0 aliphatic carbocycles. The normalized spacial score (nSPS) is 16.2. The van der Waals surface area contributed by atoms with E-state index in [1.54, 1.807) is 0 Å². The van der Waals surface area contributed by atoms with Crippen LogP contribution in [0.3, 0.4) is 0 Å². The smallest absolute Gasteiger partial charge is 0.228 e. The van der Waals surface area contributed by atoms with Crippen LogP contribution in [0.25, 0.3) is 0 Å². The topological polar surface area (TPSA) is 46.2 Å². The second-order valence-corrected chi connectivity index (χ2v) is 2.30. The van der Waals surface area contributed by atoms with Crippen LogP contribution >= 0.6 is 12.4 Å². The fourth-order valence-electron chi connectivity index (χ4n) is 0.369. The van der Waals surface area contributed by atoms with Crippen LogP contribution in [0, 0.1) is 0 Å². The van der Waals surface area contributed by atoms with Crippen molar-refractivity contribution in [3.63, 3.8) is 0 Å². The monoisotopic (exact) mass is 155 g/mol. The Bertz CT molecular complexity index is 181. The Kier molecular flexibility index (Phi) is 3.04. The Hall–Kier alpha value is -0.0600. The molecule has 1 N–H and O–H groups in total. The van der Waals surface area contributed by atoms with Gasteiger partial charge in [0.2, 0.25) is 10.3 Å². The Morgan fingerprint density at radius 3 is 2.00 bits per heavy atom. The Labute approximate surface area is 55.0 Å². The van der Waals surface area contributed by atoms with Crippen molar-refractivity contribution < 1.29 is 8.42 Å². The summed E-state index contributed by atoms with van der Waals surface area (Å²) in [6.45, 7) is 0.809. The lowest BCUT2D eigenvalue weighted by atomic mass is 10.3. The first-order chi connectivity index (χ1) is 3.30. The molecule has 0 saturated carbocycles. The van der Waals surface area contributed by atoms with Gasteiger partial charge in [0.15, 0.2) is 0 Å². The predicted octanol–water partition coefficient (Wildman–Crippen LogP) is -0.590. The minimum atomic E-state index is -1.97. The molecular formula is C3H6ClNO2S. The zero-order valence-corrected chi connectivity index (χ0v) is 5.68. The third kappa shape index (κ3) is 1.47. The largest absolute Gasteiger partial charge is 0.279 e. The van der Waals surface area contributed by atoms with Crippen LogP contribution in [0.5, 0.6) is 0 Å². The first-order valence-corrected chi connectivity index (χ1v) is 3.07. The van der Waals surface area contributed by atoms with E-state index in [1.165, 1.54) is 0 Å². The molecule has 0 radical (unpaired) electrons. The van der Waals surface area contributed by atoms with Gasteiger partial charge in [-0.1, -0.05) is 0 Å². The molecule has 0 aromatic heterocycles. The van der Waals surface area contributed by atoms with Crippen LogP contribution in [-0.4, -0.2) is 20.0 Å². The summed E-state index contributed by atoms with van der Waals surface area (Å²) < 4.78 is 19.8. The maximum Gasteiger partial charge on any atom is 0.228 e.